The van der Waals surface area contributed by atoms with Gasteiger partial charge in [0.25, 0.3) is 5.91 Å². The first kappa shape index (κ1) is 6.54. The summed E-state index contributed by atoms with van der Waals surface area (Å²) in [6.45, 7) is 0. The number of carbonyl (C=O) groups is 1. The van der Waals surface area contributed by atoms with Gasteiger partial charge in [-0.1, -0.05) is 0 Å². The van der Waals surface area contributed by atoms with Gasteiger partial charge in [-0.2, -0.15) is 0 Å². The highest BCUT2D eigenvalue weighted by Gasteiger charge is 2.07. The van der Waals surface area contributed by atoms with Crippen LogP contribution in [-0.2, 0) is 4.79 Å². The molecule has 1 aromatic carbocycles. The Hall–Kier alpha value is -1.97. The minimum atomic E-state index is -0.203. The van der Waals surface area contributed by atoms with Crippen LogP contribution in [0.5, 0.6) is 0 Å². The summed E-state index contributed by atoms with van der Waals surface area (Å²) in [6.07, 6.45) is 3.13. The number of hydrogen-bond donors (Lipinski definition) is 1. The third kappa shape index (κ3) is 0.767. The molecule has 0 saturated heterocycles. The Morgan fingerprint density at radius 3 is 3.15 bits per heavy atom. The predicted molar refractivity (Wildman–Crippen MR) is 46.3 cm³/mol. The fraction of sp³-hybridized carbons (Fsp3) is 0. The van der Waals surface area contributed by atoms with Crippen molar-refractivity contribution in [2.45, 2.75) is 0 Å². The van der Waals surface area contributed by atoms with Gasteiger partial charge < -0.3 is 4.98 Å². The number of rotatable bonds is 0. The molecule has 0 saturated carbocycles. The van der Waals surface area contributed by atoms with E-state index in [-0.39, 0.29) is 5.91 Å². The van der Waals surface area contributed by atoms with Gasteiger partial charge in [-0.05, 0) is 12.1 Å². The van der Waals surface area contributed by atoms with E-state index in [1.165, 1.54) is 6.08 Å². The largest absolute Gasteiger partial charge is 0.345 e. The summed E-state index contributed by atoms with van der Waals surface area (Å²) in [5.41, 5.74) is 1.74. The molecular weight excluding hydrogens is 166 g/mol. The monoisotopic (exact) mass is 171 g/mol. The predicted octanol–water partition coefficient (Wildman–Crippen LogP) is -0.497. The number of imidazole rings is 1. The van der Waals surface area contributed by atoms with Crippen molar-refractivity contribution in [3.05, 3.63) is 29.0 Å². The number of nitrogens with one attached hydrogen (secondary N) is 1. The standard InChI is InChI=1S/C9H5N3O/c13-8-3-5-6(12-8)1-2-7-9(5)11-4-10-7/h1-4H,(H,10,11). The zero-order valence-corrected chi connectivity index (χ0v) is 6.61. The van der Waals surface area contributed by atoms with Crippen molar-refractivity contribution in [2.75, 3.05) is 0 Å². The number of amides is 1. The van der Waals surface area contributed by atoms with Crippen molar-refractivity contribution in [2.24, 2.45) is 4.99 Å². The van der Waals surface area contributed by atoms with Crippen LogP contribution in [0.4, 0.5) is 0 Å². The van der Waals surface area contributed by atoms with Crippen LogP contribution in [0.1, 0.15) is 0 Å². The molecule has 1 aliphatic rings. The minimum Gasteiger partial charge on any atom is -0.345 e. The van der Waals surface area contributed by atoms with Crippen LogP contribution in [0.25, 0.3) is 17.1 Å². The highest BCUT2D eigenvalue weighted by Crippen LogP contribution is 2.01. The molecule has 4 heteroatoms. The molecule has 1 N–H and O–H groups in total. The second-order valence-electron chi connectivity index (χ2n) is 2.89. The van der Waals surface area contributed by atoms with Crippen LogP contribution in [0.15, 0.2) is 23.5 Å². The smallest absolute Gasteiger partial charge is 0.271 e. The lowest BCUT2D eigenvalue weighted by Crippen LogP contribution is -2.21. The summed E-state index contributed by atoms with van der Waals surface area (Å²) in [4.78, 5) is 21.9. The molecule has 2 heterocycles. The van der Waals surface area contributed by atoms with Gasteiger partial charge in [-0.25, -0.2) is 9.98 Å². The Labute approximate surface area is 72.6 Å². The summed E-state index contributed by atoms with van der Waals surface area (Å²) in [5, 5.41) is 1.54. The van der Waals surface area contributed by atoms with Crippen LogP contribution in [0.3, 0.4) is 0 Å². The quantitative estimate of drug-likeness (QED) is 0.581. The van der Waals surface area contributed by atoms with E-state index in [2.05, 4.69) is 15.0 Å². The van der Waals surface area contributed by atoms with E-state index in [1.54, 1.807) is 6.33 Å². The second kappa shape index (κ2) is 2.04. The normalized spacial score (nSPS) is 14.0. The maximum atomic E-state index is 11.0. The first-order valence-electron chi connectivity index (χ1n) is 3.91. The highest BCUT2D eigenvalue weighted by atomic mass is 16.1. The molecule has 0 aliphatic carbocycles. The van der Waals surface area contributed by atoms with Crippen LogP contribution in [0.2, 0.25) is 0 Å². The number of benzene rings is 1. The minimum absolute atomic E-state index is 0.203. The van der Waals surface area contributed by atoms with Gasteiger partial charge in [0.2, 0.25) is 0 Å². The van der Waals surface area contributed by atoms with Crippen molar-refractivity contribution in [3.8, 4) is 0 Å². The molecule has 1 amide bonds. The van der Waals surface area contributed by atoms with E-state index in [4.69, 9.17) is 0 Å². The molecule has 0 bridgehead atoms. The fourth-order valence-corrected chi connectivity index (χ4v) is 1.53. The number of H-pyrrole nitrogens is 1. The third-order valence-corrected chi connectivity index (χ3v) is 2.11. The Bertz CT molecular complexity index is 624. The molecule has 0 spiro atoms. The molecule has 1 aliphatic heterocycles. The fourth-order valence-electron chi connectivity index (χ4n) is 1.53. The molecule has 13 heavy (non-hydrogen) atoms. The summed E-state index contributed by atoms with van der Waals surface area (Å²) >= 11 is 0. The van der Waals surface area contributed by atoms with Crippen molar-refractivity contribution >= 4 is 23.0 Å². The summed E-state index contributed by atoms with van der Waals surface area (Å²) in [6, 6.07) is 3.69. The van der Waals surface area contributed by atoms with Gasteiger partial charge >= 0.3 is 0 Å². The van der Waals surface area contributed by atoms with E-state index in [0.29, 0.717) is 5.36 Å². The maximum Gasteiger partial charge on any atom is 0.271 e. The molecule has 0 unspecified atom stereocenters. The molecule has 0 atom stereocenters. The van der Waals surface area contributed by atoms with Crippen LogP contribution in [0, 0.1) is 0 Å². The number of carbonyl (C=O) groups excluding carboxylic acids is 1. The average Bonchev–Trinajstić information content (AvgIpc) is 2.65. The van der Waals surface area contributed by atoms with Gasteiger partial charge in [0.05, 0.1) is 22.7 Å². The lowest BCUT2D eigenvalue weighted by atomic mass is 10.2. The summed E-state index contributed by atoms with van der Waals surface area (Å²) < 4.78 is 0. The van der Waals surface area contributed by atoms with Gasteiger partial charge in [-0.15, -0.1) is 0 Å². The zero-order valence-electron chi connectivity index (χ0n) is 6.61. The first-order valence-corrected chi connectivity index (χ1v) is 3.91. The zero-order chi connectivity index (χ0) is 8.84. The molecular formula is C9H5N3O. The lowest BCUT2D eigenvalue weighted by molar-refractivity contribution is -0.112. The van der Waals surface area contributed by atoms with Crippen LogP contribution < -0.4 is 10.6 Å². The molecule has 3 rings (SSSR count). The highest BCUT2D eigenvalue weighted by molar-refractivity contribution is 6.08. The van der Waals surface area contributed by atoms with Gasteiger partial charge in [-0.3, -0.25) is 4.79 Å². The van der Waals surface area contributed by atoms with Gasteiger partial charge in [0.1, 0.15) is 0 Å². The lowest BCUT2D eigenvalue weighted by Gasteiger charge is -1.85. The summed E-state index contributed by atoms with van der Waals surface area (Å²) in [5.74, 6) is -0.203. The Morgan fingerprint density at radius 1 is 1.31 bits per heavy atom. The molecule has 4 nitrogen and oxygen atoms in total. The Balaban J connectivity index is 2.69. The number of fused-ring (bicyclic) bond motifs is 3. The first-order chi connectivity index (χ1) is 6.34. The van der Waals surface area contributed by atoms with Crippen molar-refractivity contribution in [3.63, 3.8) is 0 Å². The van der Waals surface area contributed by atoms with E-state index >= 15 is 0 Å². The molecule has 0 fully saturated rings. The molecule has 2 aromatic rings. The molecule has 0 radical (unpaired) electrons. The van der Waals surface area contributed by atoms with E-state index in [9.17, 15) is 4.79 Å². The van der Waals surface area contributed by atoms with Gasteiger partial charge in [0, 0.05) is 11.3 Å². The molecule has 62 valence electrons. The van der Waals surface area contributed by atoms with E-state index in [0.717, 1.165) is 16.3 Å². The van der Waals surface area contributed by atoms with Crippen LogP contribution in [-0.4, -0.2) is 15.9 Å². The number of nitrogens with zero attached hydrogens (tertiary/aromatic N) is 2. The Morgan fingerprint density at radius 2 is 2.23 bits per heavy atom. The summed E-state index contributed by atoms with van der Waals surface area (Å²) in [7, 11) is 0. The Kier molecular flexibility index (Phi) is 1.02. The second-order valence-corrected chi connectivity index (χ2v) is 2.89. The van der Waals surface area contributed by atoms with Gasteiger partial charge in [0.15, 0.2) is 0 Å². The van der Waals surface area contributed by atoms with Crippen molar-refractivity contribution < 1.29 is 4.79 Å². The number of aromatic nitrogens is 2. The maximum absolute atomic E-state index is 11.0. The third-order valence-electron chi connectivity index (χ3n) is 2.11. The van der Waals surface area contributed by atoms with E-state index in [1.807, 2.05) is 12.1 Å². The number of hydrogen-bond acceptors (Lipinski definition) is 2. The van der Waals surface area contributed by atoms with Crippen molar-refractivity contribution in [1.29, 1.82) is 0 Å². The molecule has 1 aromatic heterocycles. The van der Waals surface area contributed by atoms with E-state index < -0.39 is 0 Å². The number of aromatic amines is 1. The average molecular weight is 171 g/mol. The topological polar surface area (TPSA) is 58.1 Å². The van der Waals surface area contributed by atoms with Crippen molar-refractivity contribution in [1.82, 2.24) is 9.97 Å². The van der Waals surface area contributed by atoms with Crippen LogP contribution >= 0.6 is 0 Å². The SMILES string of the molecule is O=C1C=c2c(ccc3[nH]cnc23)=N1.